The second-order valence-electron chi connectivity index (χ2n) is 8.17. The molecule has 10 nitrogen and oxygen atoms in total. The second-order valence-corrected chi connectivity index (χ2v) is 8.17. The van der Waals surface area contributed by atoms with Crippen LogP contribution in [-0.2, 0) is 9.53 Å². The number of nitrogens with one attached hydrogen (secondary N) is 1. The number of nitro benzene ring substituents is 1. The maximum atomic E-state index is 12.5. The van der Waals surface area contributed by atoms with E-state index in [0.29, 0.717) is 36.4 Å². The first kappa shape index (κ1) is 22.3. The number of benzene rings is 1. The summed E-state index contributed by atoms with van der Waals surface area (Å²) in [7, 11) is 0. The first-order valence-electron chi connectivity index (χ1n) is 10.1. The van der Waals surface area contributed by atoms with Crippen LogP contribution in [0.15, 0.2) is 28.8 Å². The molecule has 1 aliphatic heterocycles. The largest absolute Gasteiger partial charge is 0.449 e. The molecule has 0 bridgehead atoms. The van der Waals surface area contributed by atoms with Crippen LogP contribution in [-0.4, -0.2) is 41.1 Å². The number of amides is 1. The fourth-order valence-electron chi connectivity index (χ4n) is 3.86. The van der Waals surface area contributed by atoms with Gasteiger partial charge in [0.25, 0.3) is 11.6 Å². The molecular formula is C21H26N4O6. The van der Waals surface area contributed by atoms with Crippen LogP contribution in [0.3, 0.4) is 0 Å². The first-order chi connectivity index (χ1) is 14.6. The number of nitrogens with zero attached hydrogens (tertiary/aromatic N) is 3. The van der Waals surface area contributed by atoms with Crippen molar-refractivity contribution in [1.82, 2.24) is 5.16 Å². The van der Waals surface area contributed by atoms with Gasteiger partial charge in [-0.25, -0.2) is 4.79 Å². The van der Waals surface area contributed by atoms with Gasteiger partial charge in [-0.2, -0.15) is 0 Å². The highest BCUT2D eigenvalue weighted by Crippen LogP contribution is 2.34. The maximum absolute atomic E-state index is 12.5. The summed E-state index contributed by atoms with van der Waals surface area (Å²) in [4.78, 5) is 37.9. The van der Waals surface area contributed by atoms with Gasteiger partial charge >= 0.3 is 5.97 Å². The van der Waals surface area contributed by atoms with Gasteiger partial charge < -0.3 is 19.5 Å². The topological polar surface area (TPSA) is 128 Å². The lowest BCUT2D eigenvalue weighted by Gasteiger charge is -2.36. The number of aryl methyl sites for hydroxylation is 1. The number of esters is 1. The second kappa shape index (κ2) is 9.15. The third-order valence-electron chi connectivity index (χ3n) is 5.15. The Morgan fingerprint density at radius 1 is 1.29 bits per heavy atom. The Kier molecular flexibility index (Phi) is 6.57. The maximum Gasteiger partial charge on any atom is 0.339 e. The van der Waals surface area contributed by atoms with E-state index in [1.54, 1.807) is 13.0 Å². The van der Waals surface area contributed by atoms with E-state index in [4.69, 9.17) is 9.26 Å². The van der Waals surface area contributed by atoms with Crippen molar-refractivity contribution in [3.8, 4) is 0 Å². The minimum absolute atomic E-state index is 0.00508. The lowest BCUT2D eigenvalue weighted by atomic mass is 9.91. The van der Waals surface area contributed by atoms with Crippen molar-refractivity contribution in [2.75, 3.05) is 23.3 Å². The van der Waals surface area contributed by atoms with Gasteiger partial charge in [-0.05, 0) is 44.2 Å². The van der Waals surface area contributed by atoms with Gasteiger partial charge in [-0.3, -0.25) is 14.9 Å². The molecule has 10 heteroatoms. The molecule has 0 unspecified atom stereocenters. The van der Waals surface area contributed by atoms with E-state index < -0.39 is 22.9 Å². The van der Waals surface area contributed by atoms with Crippen molar-refractivity contribution >= 4 is 29.1 Å². The summed E-state index contributed by atoms with van der Waals surface area (Å²) in [5.74, 6) is 0.139. The Balaban J connectivity index is 1.73. The van der Waals surface area contributed by atoms with Gasteiger partial charge in [0.2, 0.25) is 0 Å². The van der Waals surface area contributed by atoms with Crippen molar-refractivity contribution in [3.63, 3.8) is 0 Å². The molecular weight excluding hydrogens is 404 g/mol. The van der Waals surface area contributed by atoms with E-state index in [1.807, 2.05) is 4.90 Å². The summed E-state index contributed by atoms with van der Waals surface area (Å²) in [6.07, 6.45) is -0.0604. The standard InChI is InChI=1S/C21H26N4O6/c1-12-7-13(2)11-24(10-12)17-6-5-16(9-18(17)25(28)29)21(27)30-15(4)20(26)22-19-8-14(3)31-23-19/h5-6,8-9,12-13,15H,7,10-11H2,1-4H3,(H,22,23,26)/t12-,13+,15-/m1/s1. The molecule has 31 heavy (non-hydrogen) atoms. The van der Waals surface area contributed by atoms with Crippen molar-refractivity contribution in [2.45, 2.75) is 40.2 Å². The molecule has 1 aromatic carbocycles. The van der Waals surface area contributed by atoms with E-state index >= 15 is 0 Å². The highest BCUT2D eigenvalue weighted by molar-refractivity contribution is 5.97. The Bertz CT molecular complexity index is 978. The Hall–Kier alpha value is -3.43. The zero-order valence-corrected chi connectivity index (χ0v) is 18.0. The zero-order chi connectivity index (χ0) is 22.7. The predicted molar refractivity (Wildman–Crippen MR) is 113 cm³/mol. The number of anilines is 2. The molecule has 166 valence electrons. The molecule has 3 rings (SSSR count). The molecule has 0 spiro atoms. The van der Waals surface area contributed by atoms with Crippen LogP contribution in [0.4, 0.5) is 17.2 Å². The lowest BCUT2D eigenvalue weighted by molar-refractivity contribution is -0.384. The van der Waals surface area contributed by atoms with Gasteiger partial charge in [-0.1, -0.05) is 19.0 Å². The number of aromatic nitrogens is 1. The molecule has 0 aliphatic carbocycles. The summed E-state index contributed by atoms with van der Waals surface area (Å²) < 4.78 is 10.1. The SMILES string of the molecule is Cc1cc(NC(=O)[C@@H](C)OC(=O)c2ccc(N3C[C@H](C)C[C@H](C)C3)c([N+](=O)[O-])c2)no1. The molecule has 0 radical (unpaired) electrons. The summed E-state index contributed by atoms with van der Waals surface area (Å²) in [6, 6.07) is 5.78. The number of hydrogen-bond acceptors (Lipinski definition) is 8. The third-order valence-corrected chi connectivity index (χ3v) is 5.15. The van der Waals surface area contributed by atoms with Crippen molar-refractivity contribution in [1.29, 1.82) is 0 Å². The summed E-state index contributed by atoms with van der Waals surface area (Å²) in [5.41, 5.74) is 0.323. The smallest absolute Gasteiger partial charge is 0.339 e. The highest BCUT2D eigenvalue weighted by atomic mass is 16.6. The van der Waals surface area contributed by atoms with Gasteiger partial charge in [-0.15, -0.1) is 0 Å². The van der Waals surface area contributed by atoms with E-state index in [9.17, 15) is 19.7 Å². The predicted octanol–water partition coefficient (Wildman–Crippen LogP) is 3.56. The molecule has 0 saturated carbocycles. The molecule has 2 heterocycles. The fourth-order valence-corrected chi connectivity index (χ4v) is 3.86. The molecule has 1 amide bonds. The van der Waals surface area contributed by atoms with Crippen LogP contribution in [0.2, 0.25) is 0 Å². The average Bonchev–Trinajstić information content (AvgIpc) is 3.11. The normalized spacial score (nSPS) is 19.5. The monoisotopic (exact) mass is 430 g/mol. The molecule has 3 atom stereocenters. The molecule has 1 aromatic heterocycles. The zero-order valence-electron chi connectivity index (χ0n) is 18.0. The number of piperidine rings is 1. The van der Waals surface area contributed by atoms with Crippen molar-refractivity contribution in [3.05, 3.63) is 45.7 Å². The van der Waals surface area contributed by atoms with Crippen LogP contribution in [0, 0.1) is 28.9 Å². The number of rotatable bonds is 6. The highest BCUT2D eigenvalue weighted by Gasteiger charge is 2.29. The Morgan fingerprint density at radius 3 is 2.55 bits per heavy atom. The van der Waals surface area contributed by atoms with E-state index in [0.717, 1.165) is 6.42 Å². The lowest BCUT2D eigenvalue weighted by Crippen LogP contribution is -2.39. The van der Waals surface area contributed by atoms with Crippen LogP contribution >= 0.6 is 0 Å². The summed E-state index contributed by atoms with van der Waals surface area (Å²) in [5, 5.41) is 17.8. The first-order valence-corrected chi connectivity index (χ1v) is 10.1. The van der Waals surface area contributed by atoms with Crippen LogP contribution in [0.5, 0.6) is 0 Å². The number of ether oxygens (including phenoxy) is 1. The van der Waals surface area contributed by atoms with Crippen LogP contribution < -0.4 is 10.2 Å². The van der Waals surface area contributed by atoms with Gasteiger partial charge in [0, 0.05) is 25.2 Å². The summed E-state index contributed by atoms with van der Waals surface area (Å²) >= 11 is 0. The molecule has 1 saturated heterocycles. The van der Waals surface area contributed by atoms with E-state index in [-0.39, 0.29) is 17.1 Å². The van der Waals surface area contributed by atoms with Crippen molar-refractivity contribution < 1.29 is 23.8 Å². The number of carbonyl (C=O) groups excluding carboxylic acids is 2. The Labute approximate surface area is 179 Å². The third kappa shape index (κ3) is 5.39. The minimum Gasteiger partial charge on any atom is -0.449 e. The molecule has 1 N–H and O–H groups in total. The molecule has 2 aromatic rings. The van der Waals surface area contributed by atoms with Gasteiger partial charge in [0.1, 0.15) is 11.4 Å². The average molecular weight is 430 g/mol. The number of hydrogen-bond donors (Lipinski definition) is 1. The molecule has 1 aliphatic rings. The van der Waals surface area contributed by atoms with E-state index in [2.05, 4.69) is 24.3 Å². The Morgan fingerprint density at radius 2 is 1.97 bits per heavy atom. The van der Waals surface area contributed by atoms with Crippen LogP contribution in [0.25, 0.3) is 0 Å². The van der Waals surface area contributed by atoms with E-state index in [1.165, 1.54) is 25.1 Å². The fraction of sp³-hybridized carbons (Fsp3) is 0.476. The van der Waals surface area contributed by atoms with Crippen LogP contribution in [0.1, 0.15) is 43.3 Å². The summed E-state index contributed by atoms with van der Waals surface area (Å²) in [6.45, 7) is 8.74. The minimum atomic E-state index is -1.13. The number of nitro groups is 1. The number of carbonyl (C=O) groups is 2. The van der Waals surface area contributed by atoms with Gasteiger partial charge in [0.15, 0.2) is 11.9 Å². The molecule has 1 fully saturated rings. The van der Waals surface area contributed by atoms with Crippen molar-refractivity contribution in [2.24, 2.45) is 11.8 Å². The van der Waals surface area contributed by atoms with Gasteiger partial charge in [0.05, 0.1) is 10.5 Å². The quantitative estimate of drug-likeness (QED) is 0.419.